The zero-order valence-electron chi connectivity index (χ0n) is 13.7. The second-order valence-electron chi connectivity index (χ2n) is 7.30. The summed E-state index contributed by atoms with van der Waals surface area (Å²) < 4.78 is 27.7. The minimum Gasteiger partial charge on any atom is -0.396 e. The molecule has 5 heteroatoms. The summed E-state index contributed by atoms with van der Waals surface area (Å²) >= 11 is 0. The summed E-state index contributed by atoms with van der Waals surface area (Å²) in [5.74, 6) is 0.326. The van der Waals surface area contributed by atoms with Gasteiger partial charge in [0.2, 0.25) is 10.0 Å². The topological polar surface area (TPSA) is 66.4 Å². The number of nitrogens with one attached hydrogen (secondary N) is 1. The summed E-state index contributed by atoms with van der Waals surface area (Å²) in [5, 5.41) is 9.14. The molecule has 1 aliphatic rings. The van der Waals surface area contributed by atoms with Crippen LogP contribution in [-0.2, 0) is 15.4 Å². The molecular formula is C17H27NO3S. The second kappa shape index (κ2) is 6.69. The zero-order valence-corrected chi connectivity index (χ0v) is 14.5. The maximum absolute atomic E-state index is 12.5. The van der Waals surface area contributed by atoms with E-state index >= 15 is 0 Å². The molecule has 1 saturated carbocycles. The van der Waals surface area contributed by atoms with Gasteiger partial charge in [-0.1, -0.05) is 32.9 Å². The van der Waals surface area contributed by atoms with Crippen LogP contribution in [0.4, 0.5) is 0 Å². The minimum absolute atomic E-state index is 0.0123. The van der Waals surface area contributed by atoms with E-state index in [0.717, 1.165) is 31.2 Å². The lowest BCUT2D eigenvalue weighted by molar-refractivity contribution is 0.180. The normalized spacial score (nSPS) is 23.5. The molecule has 0 aliphatic heterocycles. The van der Waals surface area contributed by atoms with Crippen molar-refractivity contribution < 1.29 is 13.5 Å². The number of sulfonamides is 1. The molecule has 124 valence electrons. The van der Waals surface area contributed by atoms with E-state index in [0.29, 0.717) is 10.8 Å². The van der Waals surface area contributed by atoms with Crippen molar-refractivity contribution in [1.29, 1.82) is 0 Å². The van der Waals surface area contributed by atoms with Crippen LogP contribution < -0.4 is 4.72 Å². The molecule has 0 unspecified atom stereocenters. The van der Waals surface area contributed by atoms with E-state index in [1.807, 2.05) is 12.1 Å². The monoisotopic (exact) mass is 325 g/mol. The first-order chi connectivity index (χ1) is 10.2. The van der Waals surface area contributed by atoms with Crippen molar-refractivity contribution >= 4 is 10.0 Å². The molecule has 0 saturated heterocycles. The van der Waals surface area contributed by atoms with Crippen LogP contribution in [0.3, 0.4) is 0 Å². The zero-order chi connectivity index (χ0) is 16.4. The molecule has 0 atom stereocenters. The SMILES string of the molecule is CC(C)(C)c1ccc(S(=O)(=O)NC2CCC(CO)CC2)cc1. The summed E-state index contributed by atoms with van der Waals surface area (Å²) in [6, 6.07) is 7.12. The molecule has 1 fully saturated rings. The number of benzene rings is 1. The maximum Gasteiger partial charge on any atom is 0.240 e. The number of rotatable bonds is 4. The van der Waals surface area contributed by atoms with E-state index in [9.17, 15) is 8.42 Å². The molecule has 22 heavy (non-hydrogen) atoms. The molecule has 0 aromatic heterocycles. The third-order valence-corrected chi connectivity index (χ3v) is 5.99. The Balaban J connectivity index is 2.04. The summed E-state index contributed by atoms with van der Waals surface area (Å²) in [6.45, 7) is 6.52. The van der Waals surface area contributed by atoms with Gasteiger partial charge in [0, 0.05) is 12.6 Å². The molecule has 1 aliphatic carbocycles. The number of hydrogen-bond donors (Lipinski definition) is 2. The summed E-state index contributed by atoms with van der Waals surface area (Å²) in [7, 11) is -3.46. The lowest BCUT2D eigenvalue weighted by atomic mass is 9.87. The van der Waals surface area contributed by atoms with Gasteiger partial charge in [-0.3, -0.25) is 0 Å². The Morgan fingerprint density at radius 2 is 1.64 bits per heavy atom. The highest BCUT2D eigenvalue weighted by Crippen LogP contribution is 2.26. The predicted octanol–water partition coefficient (Wildman–Crippen LogP) is 2.81. The van der Waals surface area contributed by atoms with E-state index < -0.39 is 10.0 Å². The molecule has 4 nitrogen and oxygen atoms in total. The van der Waals surface area contributed by atoms with Gasteiger partial charge in [0.05, 0.1) is 4.90 Å². The highest BCUT2D eigenvalue weighted by Gasteiger charge is 2.25. The van der Waals surface area contributed by atoms with Crippen molar-refractivity contribution in [3.8, 4) is 0 Å². The average molecular weight is 325 g/mol. The Bertz CT molecular complexity index is 579. The third-order valence-electron chi connectivity index (χ3n) is 4.46. The molecule has 0 radical (unpaired) electrons. The first-order valence-electron chi connectivity index (χ1n) is 7.96. The second-order valence-corrected chi connectivity index (χ2v) is 9.01. The van der Waals surface area contributed by atoms with Gasteiger partial charge in [-0.15, -0.1) is 0 Å². The summed E-state index contributed by atoms with van der Waals surface area (Å²) in [6.07, 6.45) is 3.36. The number of aliphatic hydroxyl groups excluding tert-OH is 1. The van der Waals surface area contributed by atoms with E-state index in [4.69, 9.17) is 5.11 Å². The van der Waals surface area contributed by atoms with Gasteiger partial charge >= 0.3 is 0 Å². The molecule has 2 N–H and O–H groups in total. The summed E-state index contributed by atoms with van der Waals surface area (Å²) in [5.41, 5.74) is 1.13. The Morgan fingerprint density at radius 1 is 1.09 bits per heavy atom. The van der Waals surface area contributed by atoms with Crippen LogP contribution in [0.15, 0.2) is 29.2 Å². The van der Waals surface area contributed by atoms with Gasteiger partial charge in [0.15, 0.2) is 0 Å². The average Bonchev–Trinajstić information content (AvgIpc) is 2.47. The number of hydrogen-bond acceptors (Lipinski definition) is 3. The third kappa shape index (κ3) is 4.31. The van der Waals surface area contributed by atoms with Crippen molar-refractivity contribution in [3.05, 3.63) is 29.8 Å². The first-order valence-corrected chi connectivity index (χ1v) is 9.44. The van der Waals surface area contributed by atoms with Crippen molar-refractivity contribution in [2.24, 2.45) is 5.92 Å². The van der Waals surface area contributed by atoms with Crippen LogP contribution in [0, 0.1) is 5.92 Å². The minimum atomic E-state index is -3.46. The van der Waals surface area contributed by atoms with Gasteiger partial charge in [-0.25, -0.2) is 13.1 Å². The van der Waals surface area contributed by atoms with Crippen LogP contribution in [0.25, 0.3) is 0 Å². The lowest BCUT2D eigenvalue weighted by Crippen LogP contribution is -2.38. The van der Waals surface area contributed by atoms with E-state index in [1.54, 1.807) is 12.1 Å². The van der Waals surface area contributed by atoms with E-state index in [2.05, 4.69) is 25.5 Å². The standard InChI is InChI=1S/C17H27NO3S/c1-17(2,3)14-6-10-16(11-7-14)22(20,21)18-15-8-4-13(12-19)5-9-15/h6-7,10-11,13,15,18-19H,4-5,8-9,12H2,1-3H3. The molecule has 1 aromatic carbocycles. The van der Waals surface area contributed by atoms with Crippen molar-refractivity contribution in [2.45, 2.75) is 62.8 Å². The van der Waals surface area contributed by atoms with Gasteiger partial charge in [-0.2, -0.15) is 0 Å². The van der Waals surface area contributed by atoms with Crippen LogP contribution in [0.1, 0.15) is 52.0 Å². The number of aliphatic hydroxyl groups is 1. The van der Waals surface area contributed by atoms with Crippen molar-refractivity contribution in [1.82, 2.24) is 4.72 Å². The molecule has 0 heterocycles. The van der Waals surface area contributed by atoms with E-state index in [-0.39, 0.29) is 18.1 Å². The fraction of sp³-hybridized carbons (Fsp3) is 0.647. The fourth-order valence-electron chi connectivity index (χ4n) is 2.88. The Kier molecular flexibility index (Phi) is 5.30. The fourth-order valence-corrected chi connectivity index (χ4v) is 4.19. The predicted molar refractivity (Wildman–Crippen MR) is 88.3 cm³/mol. The molecule has 1 aromatic rings. The largest absolute Gasteiger partial charge is 0.396 e. The first kappa shape index (κ1) is 17.4. The quantitative estimate of drug-likeness (QED) is 0.894. The van der Waals surface area contributed by atoms with Gasteiger partial charge in [-0.05, 0) is 54.7 Å². The van der Waals surface area contributed by atoms with E-state index in [1.165, 1.54) is 0 Å². The van der Waals surface area contributed by atoms with Crippen LogP contribution in [-0.4, -0.2) is 26.2 Å². The van der Waals surface area contributed by atoms with Crippen molar-refractivity contribution in [2.75, 3.05) is 6.61 Å². The van der Waals surface area contributed by atoms with Crippen LogP contribution in [0.2, 0.25) is 0 Å². The van der Waals surface area contributed by atoms with Gasteiger partial charge in [0.1, 0.15) is 0 Å². The Labute approximate surface area is 134 Å². The maximum atomic E-state index is 12.5. The van der Waals surface area contributed by atoms with Crippen LogP contribution >= 0.6 is 0 Å². The molecule has 0 bridgehead atoms. The van der Waals surface area contributed by atoms with Crippen molar-refractivity contribution in [3.63, 3.8) is 0 Å². The highest BCUT2D eigenvalue weighted by atomic mass is 32.2. The molecule has 0 amide bonds. The molecular weight excluding hydrogens is 298 g/mol. The Hall–Kier alpha value is -0.910. The Morgan fingerprint density at radius 3 is 2.09 bits per heavy atom. The summed E-state index contributed by atoms with van der Waals surface area (Å²) in [4.78, 5) is 0.324. The molecule has 2 rings (SSSR count). The smallest absolute Gasteiger partial charge is 0.240 e. The lowest BCUT2D eigenvalue weighted by Gasteiger charge is -2.27. The van der Waals surface area contributed by atoms with Crippen LogP contribution in [0.5, 0.6) is 0 Å². The van der Waals surface area contributed by atoms with Gasteiger partial charge < -0.3 is 5.11 Å². The molecule has 0 spiro atoms. The highest BCUT2D eigenvalue weighted by molar-refractivity contribution is 7.89. The van der Waals surface area contributed by atoms with Gasteiger partial charge in [0.25, 0.3) is 0 Å².